The van der Waals surface area contributed by atoms with Crippen LogP contribution in [0.25, 0.3) is 0 Å². The van der Waals surface area contributed by atoms with Crippen molar-refractivity contribution in [3.05, 3.63) is 59.4 Å². The Balaban J connectivity index is 1.91. The molecule has 0 saturated carbocycles. The monoisotopic (exact) mass is 555 g/mol. The van der Waals surface area contributed by atoms with E-state index in [1.807, 2.05) is 12.1 Å². The molecule has 2 aromatic rings. The van der Waals surface area contributed by atoms with Crippen molar-refractivity contribution in [1.82, 2.24) is 5.43 Å². The highest BCUT2D eigenvalue weighted by atomic mass is 79.9. The van der Waals surface area contributed by atoms with Gasteiger partial charge in [-0.2, -0.15) is 5.10 Å². The normalized spacial score (nSPS) is 10.9. The minimum atomic E-state index is -0.293. The van der Waals surface area contributed by atoms with E-state index in [-0.39, 0.29) is 12.5 Å². The predicted molar refractivity (Wildman–Crippen MR) is 110 cm³/mol. The fourth-order valence-electron chi connectivity index (χ4n) is 1.70. The lowest BCUT2D eigenvalue weighted by Crippen LogP contribution is -2.26. The summed E-state index contributed by atoms with van der Waals surface area (Å²) < 4.78 is 2.57. The molecule has 0 bridgehead atoms. The summed E-state index contributed by atoms with van der Waals surface area (Å²) in [6.07, 6.45) is 1.46. The first-order valence-electron chi connectivity index (χ1n) is 6.52. The molecule has 2 aromatic carbocycles. The van der Waals surface area contributed by atoms with Crippen LogP contribution in [-0.4, -0.2) is 18.7 Å². The van der Waals surface area contributed by atoms with E-state index < -0.39 is 0 Å². The number of amides is 1. The Bertz CT molecular complexity index is 777. The topological polar surface area (TPSA) is 53.5 Å². The number of carbonyl (C=O) groups excluding carboxylic acids is 1. The first-order chi connectivity index (χ1) is 11.4. The third-order valence-electron chi connectivity index (χ3n) is 2.79. The minimum absolute atomic E-state index is 0.0600. The number of anilines is 1. The van der Waals surface area contributed by atoms with Crippen molar-refractivity contribution in [3.8, 4) is 0 Å². The fraction of sp³-hybridized carbons (Fsp3) is 0.0667. The number of carbonyl (C=O) groups is 1. The molecule has 2 N–H and O–H groups in total. The number of nitrogens with one attached hydrogen (secondary N) is 2. The molecule has 0 atom stereocenters. The molecule has 0 aromatic heterocycles. The van der Waals surface area contributed by atoms with Gasteiger partial charge in [0.15, 0.2) is 0 Å². The lowest BCUT2D eigenvalue weighted by molar-refractivity contribution is -0.119. The van der Waals surface area contributed by atoms with Gasteiger partial charge in [0.05, 0.1) is 23.5 Å². The van der Waals surface area contributed by atoms with Gasteiger partial charge in [0.1, 0.15) is 0 Å². The molecular weight excluding hydrogens is 549 g/mol. The molecule has 9 heteroatoms. The van der Waals surface area contributed by atoms with Gasteiger partial charge in [0.25, 0.3) is 5.91 Å². The molecule has 4 nitrogen and oxygen atoms in total. The molecule has 0 aliphatic rings. The van der Waals surface area contributed by atoms with Crippen LogP contribution in [0.15, 0.2) is 48.9 Å². The van der Waals surface area contributed by atoms with E-state index in [0.29, 0.717) is 15.6 Å². The maximum atomic E-state index is 11.9. The van der Waals surface area contributed by atoms with Gasteiger partial charge in [-0.25, -0.2) is 5.43 Å². The predicted octanol–water partition coefficient (Wildman–Crippen LogP) is 5.84. The largest absolute Gasteiger partial charge is 0.374 e. The van der Waals surface area contributed by atoms with Crippen molar-refractivity contribution in [3.63, 3.8) is 0 Å². The number of hydrazone groups is 1. The highest BCUT2D eigenvalue weighted by Crippen LogP contribution is 2.34. The van der Waals surface area contributed by atoms with Crippen molar-refractivity contribution in [2.75, 3.05) is 11.9 Å². The summed E-state index contributed by atoms with van der Waals surface area (Å²) in [4.78, 5) is 11.9. The molecule has 0 saturated heterocycles. The molecule has 0 unspecified atom stereocenters. The van der Waals surface area contributed by atoms with E-state index in [1.54, 1.807) is 18.2 Å². The van der Waals surface area contributed by atoms with Crippen LogP contribution in [0.5, 0.6) is 0 Å². The second-order valence-corrected chi connectivity index (χ2v) is 8.02. The van der Waals surface area contributed by atoms with E-state index in [1.165, 1.54) is 6.21 Å². The van der Waals surface area contributed by atoms with Crippen LogP contribution in [0, 0.1) is 0 Å². The minimum Gasteiger partial charge on any atom is -0.374 e. The van der Waals surface area contributed by atoms with Crippen LogP contribution in [0.2, 0.25) is 10.0 Å². The van der Waals surface area contributed by atoms with Crippen LogP contribution in [0.3, 0.4) is 0 Å². The smallest absolute Gasteiger partial charge is 0.259 e. The number of hydrogen-bond donors (Lipinski definition) is 2. The average molecular weight is 559 g/mol. The number of rotatable bonds is 5. The molecule has 0 heterocycles. The molecule has 0 spiro atoms. The number of nitrogens with zero attached hydrogens (tertiary/aromatic N) is 1. The standard InChI is InChI=1S/C15H10Br3Cl2N3O/c16-9-3-11(17)15(12(18)4-9)21-7-14(24)23-22-6-8-1-2-10(19)5-13(8)20/h1-6,21H,7H2,(H,23,24)/b22-6+. The summed E-state index contributed by atoms with van der Waals surface area (Å²) in [5.41, 5.74) is 3.87. The third kappa shape index (κ3) is 5.74. The molecular formula is C15H10Br3Cl2N3O. The maximum Gasteiger partial charge on any atom is 0.259 e. The highest BCUT2D eigenvalue weighted by Gasteiger charge is 2.08. The SMILES string of the molecule is O=C(CNc1c(Br)cc(Br)cc1Br)N/N=C/c1ccc(Cl)cc1Cl. The molecule has 0 aliphatic heterocycles. The third-order valence-corrected chi connectivity index (χ3v) is 5.06. The fourth-order valence-corrected chi connectivity index (χ4v) is 4.70. The van der Waals surface area contributed by atoms with Gasteiger partial charge in [-0.15, -0.1) is 0 Å². The molecule has 1 amide bonds. The van der Waals surface area contributed by atoms with Crippen molar-refractivity contribution in [2.45, 2.75) is 0 Å². The molecule has 0 fully saturated rings. The second-order valence-electron chi connectivity index (χ2n) is 4.56. The summed E-state index contributed by atoms with van der Waals surface area (Å²) in [6.45, 7) is 0.0600. The van der Waals surface area contributed by atoms with Gasteiger partial charge in [-0.05, 0) is 56.1 Å². The van der Waals surface area contributed by atoms with Crippen molar-refractivity contribution < 1.29 is 4.79 Å². The summed E-state index contributed by atoms with van der Waals surface area (Å²) in [5.74, 6) is -0.293. The summed E-state index contributed by atoms with van der Waals surface area (Å²) in [6, 6.07) is 8.78. The Morgan fingerprint density at radius 3 is 2.42 bits per heavy atom. The van der Waals surface area contributed by atoms with E-state index in [9.17, 15) is 4.79 Å². The van der Waals surface area contributed by atoms with Gasteiger partial charge in [-0.3, -0.25) is 4.79 Å². The number of halogens is 5. The van der Waals surface area contributed by atoms with E-state index >= 15 is 0 Å². The molecule has 24 heavy (non-hydrogen) atoms. The lowest BCUT2D eigenvalue weighted by Gasteiger charge is -2.10. The van der Waals surface area contributed by atoms with Crippen LogP contribution in [-0.2, 0) is 4.79 Å². The number of benzene rings is 2. The van der Waals surface area contributed by atoms with E-state index in [0.717, 1.165) is 19.1 Å². The Morgan fingerprint density at radius 2 is 1.79 bits per heavy atom. The second kappa shape index (κ2) is 9.20. The zero-order valence-electron chi connectivity index (χ0n) is 11.9. The highest BCUT2D eigenvalue weighted by molar-refractivity contribution is 9.11. The Hall–Kier alpha value is -0.600. The zero-order chi connectivity index (χ0) is 17.7. The maximum absolute atomic E-state index is 11.9. The Morgan fingerprint density at radius 1 is 1.12 bits per heavy atom. The summed E-state index contributed by atoms with van der Waals surface area (Å²) in [5, 5.41) is 7.91. The molecule has 0 radical (unpaired) electrons. The Labute approximate surface area is 174 Å². The molecule has 0 aliphatic carbocycles. The van der Waals surface area contributed by atoms with Crippen LogP contribution >= 0.6 is 71.0 Å². The van der Waals surface area contributed by atoms with Crippen molar-refractivity contribution in [1.29, 1.82) is 0 Å². The van der Waals surface area contributed by atoms with Gasteiger partial charge in [0.2, 0.25) is 0 Å². The van der Waals surface area contributed by atoms with Crippen LogP contribution in [0.1, 0.15) is 5.56 Å². The Kier molecular flexibility index (Phi) is 7.56. The zero-order valence-corrected chi connectivity index (χ0v) is 18.2. The summed E-state index contributed by atoms with van der Waals surface area (Å²) in [7, 11) is 0. The van der Waals surface area contributed by atoms with E-state index in [4.69, 9.17) is 23.2 Å². The first kappa shape index (κ1) is 19.7. The average Bonchev–Trinajstić information content (AvgIpc) is 2.48. The van der Waals surface area contributed by atoms with Crippen LogP contribution in [0.4, 0.5) is 5.69 Å². The first-order valence-corrected chi connectivity index (χ1v) is 9.65. The van der Waals surface area contributed by atoms with Gasteiger partial charge < -0.3 is 5.32 Å². The van der Waals surface area contributed by atoms with Crippen molar-refractivity contribution >= 4 is 88.8 Å². The van der Waals surface area contributed by atoms with E-state index in [2.05, 4.69) is 63.6 Å². The molecule has 2 rings (SSSR count). The van der Waals surface area contributed by atoms with Crippen LogP contribution < -0.4 is 10.7 Å². The van der Waals surface area contributed by atoms with Gasteiger partial charge in [-0.1, -0.05) is 45.2 Å². The quantitative estimate of drug-likeness (QED) is 0.358. The van der Waals surface area contributed by atoms with Crippen molar-refractivity contribution in [2.24, 2.45) is 5.10 Å². The molecule has 126 valence electrons. The van der Waals surface area contributed by atoms with Gasteiger partial charge >= 0.3 is 0 Å². The lowest BCUT2D eigenvalue weighted by atomic mass is 10.2. The number of hydrogen-bond acceptors (Lipinski definition) is 3. The summed E-state index contributed by atoms with van der Waals surface area (Å²) >= 11 is 22.1. The van der Waals surface area contributed by atoms with Gasteiger partial charge in [0, 0.05) is 24.0 Å².